The van der Waals surface area contributed by atoms with Gasteiger partial charge in [0.1, 0.15) is 73.6 Å². The third-order valence-corrected chi connectivity index (χ3v) is 20.5. The number of hydrogen-bond acceptors (Lipinski definition) is 20. The SMILES string of the molecule is CCOC(=O)[C@@H]1CCCN1C(=O)[C@@H](Cc1ccccc1)NC(=O)[C@H](CSCNC(C)=O)NC(=O)[C@H](CCCNC(=O)OCc1ccccc1)NC(=O)[C@@H](NC(=O)[C@@H]1CCCN1C(=O)[C@@H](Cc1ccccc1)NC(=O)[C@H](CC(C)C)NC(=O)[C@H](CCCNC(=O)OCc1ccccc1)NC(=O)[C@H](CSCNC(C)=O)NC(C)=O)C(C)C. The fourth-order valence-corrected chi connectivity index (χ4v) is 14.6. The van der Waals surface area contributed by atoms with Gasteiger partial charge in [0.2, 0.25) is 70.9 Å². The van der Waals surface area contributed by atoms with Crippen LogP contribution in [0.3, 0.4) is 0 Å². The normalized spacial score (nSPS) is 15.7. The Kier molecular flexibility index (Phi) is 40.3. The fourth-order valence-electron chi connectivity index (χ4n) is 12.8. The second-order valence-electron chi connectivity index (χ2n) is 28.7. The number of nitrogens with zero attached hydrogens (tertiary/aromatic N) is 2. The summed E-state index contributed by atoms with van der Waals surface area (Å²) in [5, 5.41) is 32.7. The van der Waals surface area contributed by atoms with Crippen LogP contribution in [-0.4, -0.2) is 215 Å². The first kappa shape index (κ1) is 93.1. The van der Waals surface area contributed by atoms with Crippen molar-refractivity contribution in [2.75, 3.05) is 56.0 Å². The van der Waals surface area contributed by atoms with E-state index in [0.717, 1.165) is 34.7 Å². The van der Waals surface area contributed by atoms with E-state index >= 15 is 9.59 Å². The van der Waals surface area contributed by atoms with E-state index in [1.54, 1.807) is 130 Å². The molecule has 2 fully saturated rings. The van der Waals surface area contributed by atoms with Gasteiger partial charge in [0, 0.05) is 71.3 Å². The molecule has 115 heavy (non-hydrogen) atoms. The van der Waals surface area contributed by atoms with Crippen LogP contribution in [0.1, 0.15) is 135 Å². The Bertz CT molecular complexity index is 3870. The molecule has 0 spiro atoms. The van der Waals surface area contributed by atoms with Crippen LogP contribution in [0, 0.1) is 11.8 Å². The highest BCUT2D eigenvalue weighted by atomic mass is 32.2. The minimum Gasteiger partial charge on any atom is -0.464 e. The Balaban J connectivity index is 1.23. The van der Waals surface area contributed by atoms with Gasteiger partial charge in [-0.2, -0.15) is 0 Å². The lowest BCUT2D eigenvalue weighted by Crippen LogP contribution is -2.61. The minimum atomic E-state index is -1.48. The van der Waals surface area contributed by atoms with Crippen molar-refractivity contribution in [1.82, 2.24) is 73.6 Å². The van der Waals surface area contributed by atoms with Crippen LogP contribution in [0.5, 0.6) is 0 Å². The molecule has 12 N–H and O–H groups in total. The number of carbonyl (C=O) groups is 15. The Morgan fingerprint density at radius 1 is 0.417 bits per heavy atom. The van der Waals surface area contributed by atoms with Crippen molar-refractivity contribution in [3.63, 3.8) is 0 Å². The van der Waals surface area contributed by atoms with Gasteiger partial charge in [0.25, 0.3) is 0 Å². The standard InChI is InChI=1S/C81H112N14O18S2/c1-9-111-79(108)68-37-25-41-95(68)78(107)64(44-57-28-16-11-17-29-57)91-74(103)66(48-115-50-85-54(7)97)92-71(100)61(35-23-39-83-81(110)113-46-59-32-20-13-21-33-59)88-76(105)69(52(4)5)93-75(104)67-36-24-40-94(67)77(106)63(43-56-26-14-10-15-27-56)90-72(101)62(42-51(2)3)89-70(99)60(34-22-38-82-80(109)112-45-58-30-18-12-19-31-58)87-73(102)65(86-55(8)98)47-114-49-84-53(6)96/h10-21,26-33,51-52,60-69H,9,22-25,34-50H2,1-8H3,(H,82,109)(H,83,110)(H,84,96)(H,85,97)(H,86,98)(H,87,102)(H,88,105)(H,89,99)(H,90,101)(H,91,103)(H,92,100)(H,93,104)/t60-,61-,62-,63+,64+,65-,66-,67-,68-,69-/m0/s1. The lowest BCUT2D eigenvalue weighted by Gasteiger charge is -2.32. The summed E-state index contributed by atoms with van der Waals surface area (Å²) in [5.74, 6) is -9.75. The molecular weight excluding hydrogens is 1520 g/mol. The van der Waals surface area contributed by atoms with Crippen molar-refractivity contribution in [3.8, 4) is 0 Å². The van der Waals surface area contributed by atoms with Crippen molar-refractivity contribution in [3.05, 3.63) is 144 Å². The average Bonchev–Trinajstić information content (AvgIpc) is 1.74. The van der Waals surface area contributed by atoms with Gasteiger partial charge in [0.15, 0.2) is 0 Å². The van der Waals surface area contributed by atoms with Crippen LogP contribution in [0.15, 0.2) is 121 Å². The number of rotatable bonds is 46. The molecule has 0 saturated carbocycles. The van der Waals surface area contributed by atoms with Gasteiger partial charge >= 0.3 is 18.2 Å². The molecule has 0 unspecified atom stereocenters. The number of amides is 14. The molecule has 0 bridgehead atoms. The second kappa shape index (κ2) is 49.8. The van der Waals surface area contributed by atoms with E-state index in [0.29, 0.717) is 30.4 Å². The summed E-state index contributed by atoms with van der Waals surface area (Å²) < 4.78 is 16.1. The highest BCUT2D eigenvalue weighted by molar-refractivity contribution is 7.99. The zero-order valence-corrected chi connectivity index (χ0v) is 68.2. The quantitative estimate of drug-likeness (QED) is 0.0130. The zero-order chi connectivity index (χ0) is 83.8. The van der Waals surface area contributed by atoms with Gasteiger partial charge in [-0.25, -0.2) is 14.4 Å². The van der Waals surface area contributed by atoms with Gasteiger partial charge in [-0.15, -0.1) is 23.5 Å². The number of alkyl carbamates (subject to hydrolysis) is 2. The maximum Gasteiger partial charge on any atom is 0.407 e. The number of esters is 1. The van der Waals surface area contributed by atoms with E-state index in [9.17, 15) is 62.3 Å². The van der Waals surface area contributed by atoms with E-state index in [1.807, 2.05) is 26.0 Å². The lowest BCUT2D eigenvalue weighted by molar-refractivity contribution is -0.153. The number of nitrogens with one attached hydrogen (secondary N) is 12. The average molecular weight is 1630 g/mol. The fraction of sp³-hybridized carbons (Fsp3) is 0.519. The molecule has 0 radical (unpaired) electrons. The number of likely N-dealkylation sites (tertiary alicyclic amines) is 2. The first-order chi connectivity index (χ1) is 55.1. The molecule has 2 saturated heterocycles. The molecule has 0 aliphatic carbocycles. The summed E-state index contributed by atoms with van der Waals surface area (Å²) in [4.78, 5) is 211. The molecule has 14 amide bonds. The summed E-state index contributed by atoms with van der Waals surface area (Å²) >= 11 is 2.21. The van der Waals surface area contributed by atoms with E-state index < -0.39 is 144 Å². The van der Waals surface area contributed by atoms with Crippen LogP contribution in [-0.2, 0) is 103 Å². The molecule has 0 aromatic heterocycles. The highest BCUT2D eigenvalue weighted by Crippen LogP contribution is 2.24. The number of hydrogen-bond donors (Lipinski definition) is 12. The highest BCUT2D eigenvalue weighted by Gasteiger charge is 2.43. The van der Waals surface area contributed by atoms with Crippen LogP contribution in [0.2, 0.25) is 0 Å². The van der Waals surface area contributed by atoms with Gasteiger partial charge in [-0.3, -0.25) is 57.5 Å². The molecule has 2 aliphatic heterocycles. The summed E-state index contributed by atoms with van der Waals surface area (Å²) in [7, 11) is 0. The van der Waals surface area contributed by atoms with Crippen LogP contribution in [0.25, 0.3) is 0 Å². The third kappa shape index (κ3) is 33.3. The molecule has 4 aromatic carbocycles. The second-order valence-corrected chi connectivity index (χ2v) is 30.8. The third-order valence-electron chi connectivity index (χ3n) is 18.6. The van der Waals surface area contributed by atoms with Crippen LogP contribution >= 0.6 is 23.5 Å². The van der Waals surface area contributed by atoms with Crippen LogP contribution < -0.4 is 63.8 Å². The predicted molar refractivity (Wildman–Crippen MR) is 432 cm³/mol. The topological polar surface area (TPSA) is 435 Å². The molecule has 10 atom stereocenters. The summed E-state index contributed by atoms with van der Waals surface area (Å²) in [6, 6.07) is 22.6. The largest absolute Gasteiger partial charge is 0.464 e. The Labute approximate surface area is 680 Å². The molecule has 626 valence electrons. The molecule has 32 nitrogen and oxygen atoms in total. The Hall–Kier alpha value is -10.8. The van der Waals surface area contributed by atoms with Crippen LogP contribution in [0.4, 0.5) is 9.59 Å². The molecule has 4 aromatic rings. The smallest absolute Gasteiger partial charge is 0.407 e. The van der Waals surface area contributed by atoms with Crippen molar-refractivity contribution in [2.45, 2.75) is 200 Å². The molecule has 34 heteroatoms. The summed E-state index contributed by atoms with van der Waals surface area (Å²) in [6.07, 6.45) is -0.446. The van der Waals surface area contributed by atoms with Crippen molar-refractivity contribution < 1.29 is 86.1 Å². The van der Waals surface area contributed by atoms with Gasteiger partial charge in [0.05, 0.1) is 18.4 Å². The molecular formula is C81H112N14O18S2. The number of benzene rings is 4. The van der Waals surface area contributed by atoms with Gasteiger partial charge in [-0.05, 0) is 98.8 Å². The van der Waals surface area contributed by atoms with E-state index in [4.69, 9.17) is 14.2 Å². The maximum absolute atomic E-state index is 15.3. The van der Waals surface area contributed by atoms with Gasteiger partial charge in [-0.1, -0.05) is 149 Å². The number of thioether (sulfide) groups is 2. The monoisotopic (exact) mass is 1630 g/mol. The maximum atomic E-state index is 15.3. The molecule has 2 heterocycles. The number of ether oxygens (including phenoxy) is 3. The van der Waals surface area contributed by atoms with Gasteiger partial charge < -0.3 is 87.8 Å². The Morgan fingerprint density at radius 2 is 0.791 bits per heavy atom. The summed E-state index contributed by atoms with van der Waals surface area (Å²) in [6.45, 7) is 12.6. The zero-order valence-electron chi connectivity index (χ0n) is 66.6. The van der Waals surface area contributed by atoms with E-state index in [2.05, 4.69) is 63.8 Å². The van der Waals surface area contributed by atoms with E-state index in [1.165, 1.54) is 30.6 Å². The molecule has 6 rings (SSSR count). The lowest BCUT2D eigenvalue weighted by atomic mass is 9.99. The first-order valence-electron chi connectivity index (χ1n) is 38.9. The van der Waals surface area contributed by atoms with Crippen molar-refractivity contribution in [2.24, 2.45) is 11.8 Å². The molecule has 2 aliphatic rings. The Morgan fingerprint density at radius 3 is 1.21 bits per heavy atom. The summed E-state index contributed by atoms with van der Waals surface area (Å²) in [5.41, 5.74) is 2.76. The van der Waals surface area contributed by atoms with Crippen molar-refractivity contribution >= 4 is 113 Å². The first-order valence-corrected chi connectivity index (χ1v) is 41.2. The van der Waals surface area contributed by atoms with Crippen molar-refractivity contribution in [1.29, 1.82) is 0 Å². The number of carbonyl (C=O) groups excluding carboxylic acids is 15. The van der Waals surface area contributed by atoms with E-state index in [-0.39, 0.29) is 138 Å². The predicted octanol–water partition coefficient (Wildman–Crippen LogP) is 3.68. The minimum absolute atomic E-state index is 0.00298.